The lowest BCUT2D eigenvalue weighted by atomic mass is 10.1. The molecule has 0 radical (unpaired) electrons. The van der Waals surface area contributed by atoms with E-state index in [0.717, 1.165) is 10.6 Å². The topological polar surface area (TPSA) is 75.2 Å². The van der Waals surface area contributed by atoms with Gasteiger partial charge in [0, 0.05) is 19.5 Å². The average Bonchev–Trinajstić information content (AvgIpc) is 3.08. The molecule has 1 aliphatic heterocycles. The molecule has 23 heavy (non-hydrogen) atoms. The Morgan fingerprint density at radius 1 is 1.39 bits per heavy atom. The first-order valence-electron chi connectivity index (χ1n) is 7.14. The Kier molecular flexibility index (Phi) is 4.33. The zero-order chi connectivity index (χ0) is 16.4. The van der Waals surface area contributed by atoms with Crippen molar-refractivity contribution in [2.45, 2.75) is 19.9 Å². The van der Waals surface area contributed by atoms with E-state index in [1.54, 1.807) is 24.0 Å². The van der Waals surface area contributed by atoms with Crippen LogP contribution in [-0.4, -0.2) is 33.5 Å². The summed E-state index contributed by atoms with van der Waals surface area (Å²) in [7, 11) is 0. The van der Waals surface area contributed by atoms with Crippen LogP contribution in [0.3, 0.4) is 0 Å². The summed E-state index contributed by atoms with van der Waals surface area (Å²) in [6.45, 7) is 2.53. The first-order chi connectivity index (χ1) is 11.0. The van der Waals surface area contributed by atoms with Crippen molar-refractivity contribution in [3.63, 3.8) is 0 Å². The monoisotopic (exact) mass is 334 g/mol. The quantitative estimate of drug-likeness (QED) is 0.928. The van der Waals surface area contributed by atoms with E-state index in [9.17, 15) is 14.0 Å². The SMILES string of the molecule is Cc1nnc(NC(=O)[C@H]2CC(=O)N(Cc3ccc(F)cc3)C2)s1. The fraction of sp³-hybridized carbons (Fsp3) is 0.333. The summed E-state index contributed by atoms with van der Waals surface area (Å²) >= 11 is 1.29. The third-order valence-corrected chi connectivity index (χ3v) is 4.38. The van der Waals surface area contributed by atoms with Crippen molar-refractivity contribution in [3.8, 4) is 0 Å². The van der Waals surface area contributed by atoms with E-state index in [4.69, 9.17) is 0 Å². The van der Waals surface area contributed by atoms with Crippen LogP contribution in [0.4, 0.5) is 9.52 Å². The van der Waals surface area contributed by atoms with Gasteiger partial charge in [-0.25, -0.2) is 4.39 Å². The number of hydrogen-bond donors (Lipinski definition) is 1. The van der Waals surface area contributed by atoms with Gasteiger partial charge in [0.2, 0.25) is 16.9 Å². The number of amides is 2. The highest BCUT2D eigenvalue weighted by Gasteiger charge is 2.34. The first-order valence-corrected chi connectivity index (χ1v) is 7.96. The molecule has 2 aromatic rings. The summed E-state index contributed by atoms with van der Waals surface area (Å²) in [6, 6.07) is 6.00. The molecular formula is C15H15FN4O2S. The number of likely N-dealkylation sites (tertiary alicyclic amines) is 1. The number of aryl methyl sites for hydroxylation is 1. The molecule has 2 amide bonds. The first kappa shape index (κ1) is 15.5. The van der Waals surface area contributed by atoms with Gasteiger partial charge in [-0.1, -0.05) is 23.5 Å². The van der Waals surface area contributed by atoms with Gasteiger partial charge in [-0.15, -0.1) is 10.2 Å². The Morgan fingerprint density at radius 2 is 2.13 bits per heavy atom. The van der Waals surface area contributed by atoms with Crippen molar-refractivity contribution in [3.05, 3.63) is 40.7 Å². The van der Waals surface area contributed by atoms with E-state index in [2.05, 4.69) is 15.5 Å². The van der Waals surface area contributed by atoms with Crippen molar-refractivity contribution in [1.29, 1.82) is 0 Å². The molecule has 3 rings (SSSR count). The molecule has 0 spiro atoms. The van der Waals surface area contributed by atoms with Crippen molar-refractivity contribution in [1.82, 2.24) is 15.1 Å². The van der Waals surface area contributed by atoms with Gasteiger partial charge in [-0.3, -0.25) is 9.59 Å². The maximum absolute atomic E-state index is 12.9. The summed E-state index contributed by atoms with van der Waals surface area (Å²) in [5.74, 6) is -1.03. The van der Waals surface area contributed by atoms with Gasteiger partial charge >= 0.3 is 0 Å². The van der Waals surface area contributed by atoms with Crippen molar-refractivity contribution in [2.24, 2.45) is 5.92 Å². The van der Waals surface area contributed by atoms with Gasteiger partial charge in [0.25, 0.3) is 0 Å². The van der Waals surface area contributed by atoms with Crippen molar-refractivity contribution < 1.29 is 14.0 Å². The molecule has 0 aliphatic carbocycles. The number of nitrogens with zero attached hydrogens (tertiary/aromatic N) is 3. The summed E-state index contributed by atoms with van der Waals surface area (Å²) in [5.41, 5.74) is 0.834. The van der Waals surface area contributed by atoms with Crippen LogP contribution in [0.1, 0.15) is 17.0 Å². The lowest BCUT2D eigenvalue weighted by Crippen LogP contribution is -2.28. The molecule has 8 heteroatoms. The fourth-order valence-electron chi connectivity index (χ4n) is 2.47. The van der Waals surface area contributed by atoms with Crippen LogP contribution >= 0.6 is 11.3 Å². The second kappa shape index (κ2) is 6.41. The lowest BCUT2D eigenvalue weighted by molar-refractivity contribution is -0.128. The maximum atomic E-state index is 12.9. The van der Waals surface area contributed by atoms with Crippen LogP contribution in [0.15, 0.2) is 24.3 Å². The molecule has 1 N–H and O–H groups in total. The minimum absolute atomic E-state index is 0.0806. The van der Waals surface area contributed by atoms with Gasteiger partial charge in [0.05, 0.1) is 5.92 Å². The molecule has 120 valence electrons. The smallest absolute Gasteiger partial charge is 0.231 e. The van der Waals surface area contributed by atoms with Crippen LogP contribution in [0, 0.1) is 18.7 Å². The third kappa shape index (κ3) is 3.70. The van der Waals surface area contributed by atoms with Crippen LogP contribution in [0.2, 0.25) is 0 Å². The lowest BCUT2D eigenvalue weighted by Gasteiger charge is -2.16. The number of anilines is 1. The molecule has 1 saturated heterocycles. The molecule has 1 aliphatic rings. The Morgan fingerprint density at radius 3 is 2.78 bits per heavy atom. The highest BCUT2D eigenvalue weighted by Crippen LogP contribution is 2.23. The number of halogens is 1. The Bertz CT molecular complexity index is 731. The average molecular weight is 334 g/mol. The summed E-state index contributed by atoms with van der Waals surface area (Å²) in [6.07, 6.45) is 0.171. The molecule has 0 unspecified atom stereocenters. The van der Waals surface area contributed by atoms with Gasteiger partial charge in [0.15, 0.2) is 0 Å². The maximum Gasteiger partial charge on any atom is 0.231 e. The highest BCUT2D eigenvalue weighted by atomic mass is 32.1. The van der Waals surface area contributed by atoms with Crippen LogP contribution < -0.4 is 5.32 Å². The number of aromatic nitrogens is 2. The molecule has 0 saturated carbocycles. The van der Waals surface area contributed by atoms with Crippen molar-refractivity contribution in [2.75, 3.05) is 11.9 Å². The molecule has 0 bridgehead atoms. The summed E-state index contributed by atoms with van der Waals surface area (Å²) in [4.78, 5) is 25.9. The number of rotatable bonds is 4. The minimum atomic E-state index is -0.410. The molecule has 2 heterocycles. The van der Waals surface area contributed by atoms with Crippen LogP contribution in [0.25, 0.3) is 0 Å². The van der Waals surface area contributed by atoms with Gasteiger partial charge in [-0.05, 0) is 24.6 Å². The van der Waals surface area contributed by atoms with E-state index in [0.29, 0.717) is 18.2 Å². The number of carbonyl (C=O) groups excluding carboxylic acids is 2. The van der Waals surface area contributed by atoms with Gasteiger partial charge < -0.3 is 10.2 Å². The van der Waals surface area contributed by atoms with E-state index in [-0.39, 0.29) is 24.1 Å². The Labute approximate surface area is 136 Å². The Balaban J connectivity index is 1.60. The number of carbonyl (C=O) groups is 2. The minimum Gasteiger partial charge on any atom is -0.338 e. The summed E-state index contributed by atoms with van der Waals surface area (Å²) in [5, 5.41) is 11.6. The number of nitrogens with one attached hydrogen (secondary N) is 1. The van der Waals surface area contributed by atoms with Gasteiger partial charge in [0.1, 0.15) is 10.8 Å². The number of hydrogen-bond acceptors (Lipinski definition) is 5. The van der Waals surface area contributed by atoms with Crippen LogP contribution in [0.5, 0.6) is 0 Å². The largest absolute Gasteiger partial charge is 0.338 e. The predicted octanol–water partition coefficient (Wildman–Crippen LogP) is 1.97. The predicted molar refractivity (Wildman–Crippen MR) is 83.2 cm³/mol. The van der Waals surface area contributed by atoms with Crippen molar-refractivity contribution >= 4 is 28.3 Å². The molecule has 1 fully saturated rings. The van der Waals surface area contributed by atoms with E-state index in [1.165, 1.54) is 23.5 Å². The molecule has 1 aromatic carbocycles. The standard InChI is InChI=1S/C15H15FN4O2S/c1-9-18-19-15(23-9)17-14(22)11-6-13(21)20(8-11)7-10-2-4-12(16)5-3-10/h2-5,11H,6-8H2,1H3,(H,17,19,22)/t11-/m0/s1. The van der Waals surface area contributed by atoms with E-state index in [1.807, 2.05) is 0 Å². The van der Waals surface area contributed by atoms with E-state index < -0.39 is 5.92 Å². The molecule has 1 aromatic heterocycles. The normalized spacial score (nSPS) is 17.6. The second-order valence-electron chi connectivity index (χ2n) is 5.42. The molecule has 6 nitrogen and oxygen atoms in total. The zero-order valence-electron chi connectivity index (χ0n) is 12.5. The third-order valence-electron chi connectivity index (χ3n) is 3.63. The second-order valence-corrected chi connectivity index (χ2v) is 6.60. The zero-order valence-corrected chi connectivity index (χ0v) is 13.3. The molecular weight excluding hydrogens is 319 g/mol. The van der Waals surface area contributed by atoms with Crippen LogP contribution in [-0.2, 0) is 16.1 Å². The highest BCUT2D eigenvalue weighted by molar-refractivity contribution is 7.15. The fourth-order valence-corrected chi connectivity index (χ4v) is 3.06. The van der Waals surface area contributed by atoms with Gasteiger partial charge in [-0.2, -0.15) is 0 Å². The summed E-state index contributed by atoms with van der Waals surface area (Å²) < 4.78 is 12.9. The number of benzene rings is 1. The molecule has 1 atom stereocenters. The Hall–Kier alpha value is -2.35. The van der Waals surface area contributed by atoms with E-state index >= 15 is 0 Å².